The van der Waals surface area contributed by atoms with E-state index in [9.17, 15) is 15.0 Å². The summed E-state index contributed by atoms with van der Waals surface area (Å²) >= 11 is 0. The summed E-state index contributed by atoms with van der Waals surface area (Å²) in [6.45, 7) is 9.40. The Morgan fingerprint density at radius 2 is 1.78 bits per heavy atom. The molecule has 0 radical (unpaired) electrons. The summed E-state index contributed by atoms with van der Waals surface area (Å²) < 4.78 is 43.3. The second-order valence-corrected chi connectivity index (χ2v) is 15.6. The molecule has 1 amide bonds. The zero-order chi connectivity index (χ0) is 40.5. The number of fused-ring (bicyclic) bond motifs is 3. The van der Waals surface area contributed by atoms with Crippen LogP contribution in [-0.2, 0) is 25.6 Å². The summed E-state index contributed by atoms with van der Waals surface area (Å²) in [6, 6.07) is 10.7. The minimum atomic E-state index is -1.45. The van der Waals surface area contributed by atoms with Crippen molar-refractivity contribution in [2.24, 2.45) is 22.9 Å². The van der Waals surface area contributed by atoms with Gasteiger partial charge in [0, 0.05) is 44.1 Å². The van der Waals surface area contributed by atoms with Gasteiger partial charge in [-0.3, -0.25) is 4.90 Å². The SMILES string of the molecule is C=CCOc1ccc2c(c1)C1C(CCCCO)C(CCCCO)C=C3C(=NOC4CCCCO4)CC(N(Cc4ccc5c(c4)OCO5)C(=O)OC)C(OCC=C)(O2)C31. The standard InChI is InChI=1S/C45H58N2O11/c1-4-21-52-32-16-18-37-35(26-32)42-33(13-7-10-20-49)31(12-6-9-19-48)25-34-36(46-58-41-14-8-11-23-53-41)27-40(45(57-37,43(34)42)56-22-5-2)47(44(50)51-3)28-30-15-17-38-39(24-30)55-29-54-38/h4-5,15-18,24-26,31,33,40-43,48-49H,1-2,6-14,19-23,27-29H2,3H3. The number of aliphatic hydroxyl groups is 2. The number of hydrogen-bond donors (Lipinski definition) is 2. The number of nitrogens with zero attached hydrogens (tertiary/aromatic N) is 2. The molecule has 7 rings (SSSR count). The van der Waals surface area contributed by atoms with Gasteiger partial charge in [0.05, 0.1) is 32.0 Å². The highest BCUT2D eigenvalue weighted by Gasteiger charge is 2.65. The van der Waals surface area contributed by atoms with Crippen molar-refractivity contribution in [1.29, 1.82) is 0 Å². The number of unbranched alkanes of at least 4 members (excludes halogenated alkanes) is 2. The zero-order valence-electron chi connectivity index (χ0n) is 33.6. The van der Waals surface area contributed by atoms with Crippen molar-refractivity contribution in [2.45, 2.75) is 94.8 Å². The van der Waals surface area contributed by atoms with Crippen LogP contribution in [0.15, 0.2) is 78.5 Å². The molecule has 314 valence electrons. The average molecular weight is 803 g/mol. The molecule has 58 heavy (non-hydrogen) atoms. The smallest absolute Gasteiger partial charge is 0.410 e. The van der Waals surface area contributed by atoms with Gasteiger partial charge in [0.2, 0.25) is 18.9 Å². The maximum atomic E-state index is 14.3. The van der Waals surface area contributed by atoms with Crippen molar-refractivity contribution in [2.75, 3.05) is 46.9 Å². The van der Waals surface area contributed by atoms with E-state index in [0.29, 0.717) is 54.8 Å². The molecule has 5 aliphatic rings. The summed E-state index contributed by atoms with van der Waals surface area (Å²) in [4.78, 5) is 22.2. The van der Waals surface area contributed by atoms with Crippen LogP contribution in [0.5, 0.6) is 23.0 Å². The van der Waals surface area contributed by atoms with Crippen LogP contribution in [0.1, 0.15) is 81.3 Å². The van der Waals surface area contributed by atoms with Gasteiger partial charge in [0.1, 0.15) is 24.1 Å². The van der Waals surface area contributed by atoms with E-state index in [0.717, 1.165) is 61.6 Å². The van der Waals surface area contributed by atoms with Crippen LogP contribution >= 0.6 is 0 Å². The molecule has 2 aromatic rings. The Bertz CT molecular complexity index is 1810. The first kappa shape index (κ1) is 41.6. The van der Waals surface area contributed by atoms with E-state index in [1.807, 2.05) is 30.3 Å². The van der Waals surface area contributed by atoms with Crippen molar-refractivity contribution in [1.82, 2.24) is 4.90 Å². The fourth-order valence-corrected chi connectivity index (χ4v) is 9.47. The van der Waals surface area contributed by atoms with Gasteiger partial charge < -0.3 is 48.2 Å². The number of benzene rings is 2. The molecule has 1 saturated carbocycles. The Hall–Kier alpha value is -4.56. The lowest BCUT2D eigenvalue weighted by molar-refractivity contribution is -0.256. The van der Waals surface area contributed by atoms with Gasteiger partial charge in [-0.25, -0.2) is 4.79 Å². The highest BCUT2D eigenvalue weighted by Crippen LogP contribution is 2.62. The van der Waals surface area contributed by atoms with Crippen molar-refractivity contribution in [3.05, 3.63) is 84.5 Å². The number of amides is 1. The third-order valence-corrected chi connectivity index (χ3v) is 12.0. The van der Waals surface area contributed by atoms with Crippen LogP contribution in [0.25, 0.3) is 0 Å². The third kappa shape index (κ3) is 8.73. The Balaban J connectivity index is 1.44. The molecule has 2 fully saturated rings. The topological polar surface area (TPSA) is 147 Å². The van der Waals surface area contributed by atoms with Crippen molar-refractivity contribution in [3.63, 3.8) is 0 Å². The molecule has 0 spiro atoms. The quantitative estimate of drug-likeness (QED) is 0.0832. The minimum Gasteiger partial charge on any atom is -0.490 e. The second-order valence-electron chi connectivity index (χ2n) is 15.6. The van der Waals surface area contributed by atoms with E-state index in [1.165, 1.54) is 7.11 Å². The Morgan fingerprint density at radius 3 is 2.53 bits per heavy atom. The van der Waals surface area contributed by atoms with Crippen LogP contribution in [0.3, 0.4) is 0 Å². The molecule has 3 aliphatic heterocycles. The van der Waals surface area contributed by atoms with Gasteiger partial charge in [-0.2, -0.15) is 0 Å². The normalized spacial score (nSPS) is 27.4. The number of ether oxygens (including phenoxy) is 7. The molecular weight excluding hydrogens is 744 g/mol. The summed E-state index contributed by atoms with van der Waals surface area (Å²) in [5.74, 6) is 0.550. The first-order valence-electron chi connectivity index (χ1n) is 20.8. The third-order valence-electron chi connectivity index (χ3n) is 12.0. The number of aliphatic hydroxyl groups excluding tert-OH is 2. The Kier molecular flexibility index (Phi) is 14.0. The highest BCUT2D eigenvalue weighted by atomic mass is 16.8. The minimum absolute atomic E-state index is 0.0611. The molecule has 13 heteroatoms. The molecule has 0 bridgehead atoms. The van der Waals surface area contributed by atoms with Crippen LogP contribution in [0.4, 0.5) is 4.79 Å². The molecule has 0 aromatic heterocycles. The summed E-state index contributed by atoms with van der Waals surface area (Å²) in [6.07, 6.45) is 12.2. The fourth-order valence-electron chi connectivity index (χ4n) is 9.47. The fraction of sp³-hybridized carbons (Fsp3) is 0.556. The predicted molar refractivity (Wildman–Crippen MR) is 216 cm³/mol. The molecule has 13 nitrogen and oxygen atoms in total. The monoisotopic (exact) mass is 802 g/mol. The van der Waals surface area contributed by atoms with Gasteiger partial charge in [-0.05, 0) is 91.8 Å². The number of methoxy groups -OCH3 is 1. The van der Waals surface area contributed by atoms with E-state index in [4.69, 9.17) is 43.2 Å². The zero-order valence-corrected chi connectivity index (χ0v) is 33.6. The number of oxime groups is 1. The lowest BCUT2D eigenvalue weighted by Gasteiger charge is -2.59. The second kappa shape index (κ2) is 19.5. The Morgan fingerprint density at radius 1 is 0.983 bits per heavy atom. The van der Waals surface area contributed by atoms with Gasteiger partial charge in [0.25, 0.3) is 0 Å². The van der Waals surface area contributed by atoms with E-state index in [1.54, 1.807) is 17.1 Å². The molecule has 7 atom stereocenters. The molecule has 1 saturated heterocycles. The van der Waals surface area contributed by atoms with E-state index >= 15 is 0 Å². The van der Waals surface area contributed by atoms with Crippen LogP contribution in [0, 0.1) is 17.8 Å². The van der Waals surface area contributed by atoms with Gasteiger partial charge in [0.15, 0.2) is 11.5 Å². The summed E-state index contributed by atoms with van der Waals surface area (Å²) in [7, 11) is 1.37. The number of carbonyl (C=O) groups is 1. The number of allylic oxidation sites excluding steroid dienone is 1. The number of hydrogen-bond acceptors (Lipinski definition) is 12. The van der Waals surface area contributed by atoms with Crippen LogP contribution in [0.2, 0.25) is 0 Å². The number of carbonyl (C=O) groups excluding carboxylic acids is 1. The summed E-state index contributed by atoms with van der Waals surface area (Å²) in [5, 5.41) is 24.7. The van der Waals surface area contributed by atoms with Crippen molar-refractivity contribution in [3.8, 4) is 23.0 Å². The lowest BCUT2D eigenvalue weighted by atomic mass is 9.55. The molecule has 2 aliphatic carbocycles. The van der Waals surface area contributed by atoms with Gasteiger partial charge in [-0.15, -0.1) is 6.58 Å². The van der Waals surface area contributed by atoms with Gasteiger partial charge in [-0.1, -0.05) is 48.9 Å². The van der Waals surface area contributed by atoms with Crippen LogP contribution in [-0.4, -0.2) is 92.0 Å². The molecular formula is C45H58N2O11. The summed E-state index contributed by atoms with van der Waals surface area (Å²) in [5.41, 5.74) is 3.38. The van der Waals surface area contributed by atoms with E-state index in [-0.39, 0.29) is 57.3 Å². The van der Waals surface area contributed by atoms with Crippen LogP contribution < -0.4 is 18.9 Å². The van der Waals surface area contributed by atoms with Crippen molar-refractivity contribution >= 4 is 11.8 Å². The van der Waals surface area contributed by atoms with Gasteiger partial charge >= 0.3 is 6.09 Å². The lowest BCUT2D eigenvalue weighted by Crippen LogP contribution is -2.70. The molecule has 7 unspecified atom stereocenters. The Labute approximate surface area is 341 Å². The molecule has 2 N–H and O–H groups in total. The number of rotatable bonds is 19. The maximum Gasteiger partial charge on any atom is 0.410 e. The largest absolute Gasteiger partial charge is 0.490 e. The molecule has 3 heterocycles. The van der Waals surface area contributed by atoms with Crippen molar-refractivity contribution < 1.29 is 53.0 Å². The first-order chi connectivity index (χ1) is 28.4. The first-order valence-corrected chi connectivity index (χ1v) is 20.8. The average Bonchev–Trinajstić information content (AvgIpc) is 3.73. The predicted octanol–water partition coefficient (Wildman–Crippen LogP) is 7.41. The molecule has 2 aromatic carbocycles. The van der Waals surface area contributed by atoms with E-state index < -0.39 is 30.1 Å². The van der Waals surface area contributed by atoms with E-state index in [2.05, 4.69) is 25.3 Å². The highest BCUT2D eigenvalue weighted by molar-refractivity contribution is 6.03. The maximum absolute atomic E-state index is 14.3.